The number of nitrogens with zero attached hydrogens (tertiary/aromatic N) is 5. The largest absolute Gasteiger partial charge is 0.378 e. The molecule has 8 nitrogen and oxygen atoms in total. The number of nitro benzene ring substituents is 1. The number of rotatable bonds is 8. The van der Waals surface area contributed by atoms with Crippen LogP contribution in [0.5, 0.6) is 0 Å². The molecule has 10 heteroatoms. The van der Waals surface area contributed by atoms with Crippen LogP contribution in [0.4, 0.5) is 17.1 Å². The molecule has 0 unspecified atom stereocenters. The zero-order chi connectivity index (χ0) is 29.2. The van der Waals surface area contributed by atoms with Crippen LogP contribution in [0, 0.1) is 10.1 Å². The average molecular weight is 593 g/mol. The first-order chi connectivity index (χ1) is 20.4. The van der Waals surface area contributed by atoms with Gasteiger partial charge < -0.3 is 19.7 Å². The van der Waals surface area contributed by atoms with E-state index in [9.17, 15) is 10.1 Å². The third-order valence-corrected chi connectivity index (χ3v) is 8.55. The Morgan fingerprint density at radius 1 is 0.881 bits per heavy atom. The molecule has 210 valence electrons. The van der Waals surface area contributed by atoms with E-state index in [-0.39, 0.29) is 22.7 Å². The Hall–Kier alpha value is -4.67. The normalized spacial score (nSPS) is 16.3. The minimum absolute atomic E-state index is 0.0802. The number of aromatic nitrogens is 2. The molecule has 42 heavy (non-hydrogen) atoms. The number of hydrogen-bond donors (Lipinski definition) is 1. The van der Waals surface area contributed by atoms with Crippen molar-refractivity contribution in [3.05, 3.63) is 137 Å². The number of anilines is 2. The molecule has 3 heterocycles. The van der Waals surface area contributed by atoms with Crippen molar-refractivity contribution >= 4 is 46.2 Å². The van der Waals surface area contributed by atoms with E-state index in [1.165, 1.54) is 12.1 Å². The van der Waals surface area contributed by atoms with Crippen LogP contribution >= 0.6 is 24.0 Å². The van der Waals surface area contributed by atoms with Crippen LogP contribution in [0.25, 0.3) is 5.69 Å². The smallest absolute Gasteiger partial charge is 0.269 e. The molecule has 1 saturated heterocycles. The van der Waals surface area contributed by atoms with Crippen molar-refractivity contribution in [3.63, 3.8) is 0 Å². The summed E-state index contributed by atoms with van der Waals surface area (Å²) >= 11 is 7.49. The Balaban J connectivity index is 1.35. The summed E-state index contributed by atoms with van der Waals surface area (Å²) in [5, 5.41) is 15.2. The van der Waals surface area contributed by atoms with Crippen molar-refractivity contribution in [2.75, 3.05) is 23.9 Å². The topological polar surface area (TPSA) is 79.5 Å². The van der Waals surface area contributed by atoms with Crippen LogP contribution in [0.1, 0.15) is 23.5 Å². The second-order valence-electron chi connectivity index (χ2n) is 10.1. The molecular weight excluding hydrogens is 565 g/mol. The second kappa shape index (κ2) is 11.7. The van der Waals surface area contributed by atoms with Gasteiger partial charge in [-0.3, -0.25) is 15.1 Å². The Kier molecular flexibility index (Phi) is 7.64. The summed E-state index contributed by atoms with van der Waals surface area (Å²) in [6.45, 7) is 0. The van der Waals surface area contributed by atoms with Crippen molar-refractivity contribution in [2.45, 2.75) is 21.9 Å². The van der Waals surface area contributed by atoms with Gasteiger partial charge in [0.15, 0.2) is 5.11 Å². The highest BCUT2D eigenvalue weighted by Gasteiger charge is 2.42. The molecule has 6 rings (SSSR count). The zero-order valence-corrected chi connectivity index (χ0v) is 24.6. The Labute approximate surface area is 253 Å². The fourth-order valence-electron chi connectivity index (χ4n) is 5.16. The van der Waals surface area contributed by atoms with Gasteiger partial charge in [-0.15, -0.1) is 0 Å². The quantitative estimate of drug-likeness (QED) is 0.115. The number of pyridine rings is 1. The molecule has 0 bridgehead atoms. The van der Waals surface area contributed by atoms with E-state index in [0.717, 1.165) is 38.2 Å². The minimum Gasteiger partial charge on any atom is -0.378 e. The van der Waals surface area contributed by atoms with E-state index in [1.54, 1.807) is 23.9 Å². The summed E-state index contributed by atoms with van der Waals surface area (Å²) in [6.07, 6.45) is 3.89. The number of benzene rings is 3. The molecule has 5 aromatic rings. The summed E-state index contributed by atoms with van der Waals surface area (Å²) in [4.78, 5) is 21.5. The van der Waals surface area contributed by atoms with E-state index < -0.39 is 0 Å². The Morgan fingerprint density at radius 2 is 1.55 bits per heavy atom. The van der Waals surface area contributed by atoms with Crippen molar-refractivity contribution in [1.29, 1.82) is 0 Å². The first-order valence-corrected chi connectivity index (χ1v) is 14.6. The molecule has 0 aliphatic carbocycles. The molecule has 0 radical (unpaired) electrons. The molecule has 3 aromatic carbocycles. The van der Waals surface area contributed by atoms with Crippen LogP contribution in [0.3, 0.4) is 0 Å². The maximum Gasteiger partial charge on any atom is 0.269 e. The van der Waals surface area contributed by atoms with Crippen LogP contribution in [0.15, 0.2) is 125 Å². The molecule has 2 aromatic heterocycles. The molecule has 0 saturated carbocycles. The summed E-state index contributed by atoms with van der Waals surface area (Å²) < 4.78 is 2.21. The van der Waals surface area contributed by atoms with E-state index in [2.05, 4.69) is 79.4 Å². The van der Waals surface area contributed by atoms with Crippen molar-refractivity contribution in [2.24, 2.45) is 0 Å². The van der Waals surface area contributed by atoms with E-state index in [1.807, 2.05) is 50.6 Å². The van der Waals surface area contributed by atoms with Crippen LogP contribution in [0.2, 0.25) is 0 Å². The highest BCUT2D eigenvalue weighted by molar-refractivity contribution is 7.99. The molecule has 1 N–H and O–H groups in total. The maximum absolute atomic E-state index is 11.0. The second-order valence-corrected chi connectivity index (χ2v) is 11.6. The predicted octanol–water partition coefficient (Wildman–Crippen LogP) is 7.17. The SMILES string of the molecule is CN(C)c1ccc(-n2cccc2[C@@H]2[C@@H](c3ccccn3)NC(=S)N2c2ccc(Sc3ccc([N+](=O)[O-])cc3)cc2)cc1. The summed E-state index contributed by atoms with van der Waals surface area (Å²) in [7, 11) is 4.07. The first kappa shape index (κ1) is 27.5. The van der Waals surface area contributed by atoms with Gasteiger partial charge >= 0.3 is 0 Å². The van der Waals surface area contributed by atoms with Gasteiger partial charge in [0.1, 0.15) is 6.04 Å². The molecule has 0 spiro atoms. The number of thiocarbonyl (C=S) groups is 1. The van der Waals surface area contributed by atoms with Gasteiger partial charge in [-0.2, -0.15) is 0 Å². The molecular formula is C32H28N6O2S2. The first-order valence-electron chi connectivity index (χ1n) is 13.4. The highest BCUT2D eigenvalue weighted by atomic mass is 32.2. The predicted molar refractivity (Wildman–Crippen MR) is 172 cm³/mol. The maximum atomic E-state index is 11.0. The van der Waals surface area contributed by atoms with E-state index in [4.69, 9.17) is 12.2 Å². The van der Waals surface area contributed by atoms with Gasteiger partial charge in [0.2, 0.25) is 0 Å². The van der Waals surface area contributed by atoms with Crippen molar-refractivity contribution in [1.82, 2.24) is 14.9 Å². The fourth-order valence-corrected chi connectivity index (χ4v) is 6.32. The summed E-state index contributed by atoms with van der Waals surface area (Å²) in [5.41, 5.74) is 5.23. The zero-order valence-electron chi connectivity index (χ0n) is 23.0. The van der Waals surface area contributed by atoms with E-state index in [0.29, 0.717) is 5.11 Å². The molecule has 1 fully saturated rings. The van der Waals surface area contributed by atoms with Crippen molar-refractivity contribution < 1.29 is 4.92 Å². The third kappa shape index (κ3) is 5.46. The lowest BCUT2D eigenvalue weighted by Gasteiger charge is -2.29. The summed E-state index contributed by atoms with van der Waals surface area (Å²) in [5.74, 6) is 0. The van der Waals surface area contributed by atoms with Gasteiger partial charge in [-0.05, 0) is 97.1 Å². The number of non-ortho nitro benzene ring substituents is 1. The van der Waals surface area contributed by atoms with Crippen LogP contribution < -0.4 is 15.1 Å². The third-order valence-electron chi connectivity index (χ3n) is 7.22. The van der Waals surface area contributed by atoms with Gasteiger partial charge in [0.25, 0.3) is 5.69 Å². The lowest BCUT2D eigenvalue weighted by molar-refractivity contribution is -0.384. The number of nitro groups is 1. The van der Waals surface area contributed by atoms with Gasteiger partial charge in [0, 0.05) is 71.2 Å². The molecule has 0 amide bonds. The average Bonchev–Trinajstić information content (AvgIpc) is 3.63. The Bertz CT molecular complexity index is 1710. The lowest BCUT2D eigenvalue weighted by atomic mass is 10.0. The van der Waals surface area contributed by atoms with Gasteiger partial charge in [-0.25, -0.2) is 0 Å². The van der Waals surface area contributed by atoms with Crippen LogP contribution in [-0.2, 0) is 0 Å². The molecule has 1 aliphatic rings. The Morgan fingerprint density at radius 3 is 2.17 bits per heavy atom. The summed E-state index contributed by atoms with van der Waals surface area (Å²) in [6, 6.07) is 33.1. The monoisotopic (exact) mass is 592 g/mol. The van der Waals surface area contributed by atoms with Gasteiger partial charge in [-0.1, -0.05) is 17.8 Å². The standard InChI is InChI=1S/C32H28N6O2S2/c1-35(2)22-8-10-23(11-9-22)36-21-5-7-29(36)31-30(28-6-3-4-20-33-28)34-32(41)37(31)24-12-16-26(17-13-24)42-27-18-14-25(15-19-27)38(39)40/h3-21,30-31H,1-2H3,(H,34,41)/t30-,31-/m1/s1. The minimum atomic E-state index is -0.389. The fraction of sp³-hybridized carbons (Fsp3) is 0.125. The molecule has 2 atom stereocenters. The lowest BCUT2D eigenvalue weighted by Crippen LogP contribution is -2.30. The number of nitrogens with one attached hydrogen (secondary N) is 1. The highest BCUT2D eigenvalue weighted by Crippen LogP contribution is 2.43. The van der Waals surface area contributed by atoms with E-state index >= 15 is 0 Å². The number of hydrogen-bond acceptors (Lipinski definition) is 6. The van der Waals surface area contributed by atoms with Crippen molar-refractivity contribution in [3.8, 4) is 5.69 Å². The van der Waals surface area contributed by atoms with Gasteiger partial charge in [0.05, 0.1) is 16.7 Å². The molecule has 1 aliphatic heterocycles. The van der Waals surface area contributed by atoms with Crippen LogP contribution in [-0.4, -0.2) is 33.7 Å².